The van der Waals surface area contributed by atoms with Gasteiger partial charge in [-0.2, -0.15) is 0 Å². The molecule has 4 rings (SSSR count). The fourth-order valence-corrected chi connectivity index (χ4v) is 3.56. The molecule has 0 unspecified atom stereocenters. The highest BCUT2D eigenvalue weighted by molar-refractivity contribution is 5.95. The molecule has 2 heterocycles. The Bertz CT molecular complexity index is 1100. The topological polar surface area (TPSA) is 62.6 Å². The van der Waals surface area contributed by atoms with Crippen molar-refractivity contribution >= 4 is 17.5 Å². The van der Waals surface area contributed by atoms with Crippen LogP contribution in [-0.4, -0.2) is 23.3 Å². The molecular formula is C26H28N2O3. The third kappa shape index (κ3) is 4.55. The van der Waals surface area contributed by atoms with Crippen molar-refractivity contribution in [3.63, 3.8) is 0 Å². The van der Waals surface area contributed by atoms with Crippen LogP contribution in [-0.2, 0) is 17.8 Å². The maximum Gasteiger partial charge on any atom is 0.254 e. The van der Waals surface area contributed by atoms with E-state index < -0.39 is 5.41 Å². The normalized spacial score (nSPS) is 13.6. The molecule has 5 nitrogen and oxygen atoms in total. The largest absolute Gasteiger partial charge is 0.461 e. The van der Waals surface area contributed by atoms with Crippen LogP contribution in [0.1, 0.15) is 48.0 Å². The van der Waals surface area contributed by atoms with E-state index >= 15 is 0 Å². The van der Waals surface area contributed by atoms with Crippen molar-refractivity contribution in [2.24, 2.45) is 5.41 Å². The van der Waals surface area contributed by atoms with E-state index in [2.05, 4.69) is 5.32 Å². The summed E-state index contributed by atoms with van der Waals surface area (Å²) in [6.07, 6.45) is 0.701. The number of anilines is 1. The van der Waals surface area contributed by atoms with Crippen molar-refractivity contribution in [3.8, 4) is 11.3 Å². The summed E-state index contributed by atoms with van der Waals surface area (Å²) in [5, 5.41) is 2.93. The molecule has 0 atom stereocenters. The highest BCUT2D eigenvalue weighted by Gasteiger charge is 2.25. The van der Waals surface area contributed by atoms with Gasteiger partial charge in [0, 0.05) is 47.3 Å². The molecule has 3 aromatic rings. The van der Waals surface area contributed by atoms with Crippen LogP contribution < -0.4 is 5.32 Å². The van der Waals surface area contributed by atoms with E-state index in [0.29, 0.717) is 25.1 Å². The number of carbonyl (C=O) groups excluding carboxylic acids is 2. The Balaban J connectivity index is 1.47. The highest BCUT2D eigenvalue weighted by atomic mass is 16.3. The molecule has 2 aromatic carbocycles. The minimum Gasteiger partial charge on any atom is -0.461 e. The van der Waals surface area contributed by atoms with Gasteiger partial charge in [-0.25, -0.2) is 0 Å². The zero-order valence-electron chi connectivity index (χ0n) is 18.5. The van der Waals surface area contributed by atoms with Crippen molar-refractivity contribution in [2.45, 2.75) is 40.7 Å². The first kappa shape index (κ1) is 20.9. The van der Waals surface area contributed by atoms with Crippen LogP contribution in [0.25, 0.3) is 11.3 Å². The number of carbonyl (C=O) groups is 2. The van der Waals surface area contributed by atoms with Gasteiger partial charge in [-0.3, -0.25) is 9.59 Å². The molecule has 1 aromatic heterocycles. The second kappa shape index (κ2) is 8.06. The molecule has 0 bridgehead atoms. The third-order valence-electron chi connectivity index (χ3n) is 5.56. The van der Waals surface area contributed by atoms with E-state index in [1.165, 1.54) is 0 Å². The van der Waals surface area contributed by atoms with Crippen LogP contribution in [0.15, 0.2) is 59.0 Å². The summed E-state index contributed by atoms with van der Waals surface area (Å²) >= 11 is 0. The van der Waals surface area contributed by atoms with Crippen LogP contribution in [0.4, 0.5) is 5.69 Å². The van der Waals surface area contributed by atoms with Crippen molar-refractivity contribution in [3.05, 3.63) is 77.0 Å². The van der Waals surface area contributed by atoms with E-state index in [1.807, 2.05) is 87.2 Å². The Labute approximate surface area is 183 Å². The maximum absolute atomic E-state index is 12.9. The maximum atomic E-state index is 12.9. The number of fused-ring (bicyclic) bond motifs is 1. The molecule has 2 amide bonds. The smallest absolute Gasteiger partial charge is 0.254 e. The molecule has 0 aliphatic carbocycles. The number of rotatable bonds is 3. The Morgan fingerprint density at radius 2 is 1.68 bits per heavy atom. The minimum atomic E-state index is -0.444. The van der Waals surface area contributed by atoms with Gasteiger partial charge in [0.05, 0.1) is 0 Å². The summed E-state index contributed by atoms with van der Waals surface area (Å²) < 4.78 is 6.09. The zero-order chi connectivity index (χ0) is 22.2. The number of furan rings is 1. The molecule has 1 N–H and O–H groups in total. The molecule has 0 saturated carbocycles. The summed E-state index contributed by atoms with van der Waals surface area (Å²) in [6.45, 7) is 8.86. The quantitative estimate of drug-likeness (QED) is 0.619. The number of amides is 2. The molecule has 0 fully saturated rings. The molecule has 160 valence electrons. The van der Waals surface area contributed by atoms with Crippen molar-refractivity contribution in [1.29, 1.82) is 0 Å². The lowest BCUT2D eigenvalue weighted by atomic mass is 9.95. The monoisotopic (exact) mass is 416 g/mol. The minimum absolute atomic E-state index is 0.0213. The average Bonchev–Trinajstić information content (AvgIpc) is 3.17. The average molecular weight is 417 g/mol. The fourth-order valence-electron chi connectivity index (χ4n) is 3.56. The molecule has 0 radical (unpaired) electrons. The summed E-state index contributed by atoms with van der Waals surface area (Å²) in [5.74, 6) is 1.75. The lowest BCUT2D eigenvalue weighted by Crippen LogP contribution is -2.35. The van der Waals surface area contributed by atoms with Gasteiger partial charge in [0.1, 0.15) is 11.5 Å². The van der Waals surface area contributed by atoms with E-state index in [4.69, 9.17) is 4.42 Å². The molecule has 31 heavy (non-hydrogen) atoms. The Morgan fingerprint density at radius 3 is 2.32 bits per heavy atom. The lowest BCUT2D eigenvalue weighted by molar-refractivity contribution is -0.123. The van der Waals surface area contributed by atoms with Gasteiger partial charge in [0.15, 0.2) is 0 Å². The Kier molecular flexibility index (Phi) is 5.44. The van der Waals surface area contributed by atoms with Gasteiger partial charge in [-0.05, 0) is 49.4 Å². The van der Waals surface area contributed by atoms with Gasteiger partial charge in [-0.1, -0.05) is 38.5 Å². The summed E-state index contributed by atoms with van der Waals surface area (Å²) in [7, 11) is 0. The van der Waals surface area contributed by atoms with Crippen LogP contribution >= 0.6 is 0 Å². The first-order valence-corrected chi connectivity index (χ1v) is 10.6. The van der Waals surface area contributed by atoms with Gasteiger partial charge < -0.3 is 14.6 Å². The Hall–Kier alpha value is -3.34. The molecule has 1 aliphatic rings. The predicted molar refractivity (Wildman–Crippen MR) is 122 cm³/mol. The summed E-state index contributed by atoms with van der Waals surface area (Å²) in [4.78, 5) is 26.9. The first-order chi connectivity index (χ1) is 14.7. The Morgan fingerprint density at radius 1 is 1.00 bits per heavy atom. The van der Waals surface area contributed by atoms with Crippen LogP contribution in [0, 0.1) is 12.3 Å². The number of hydrogen-bond donors (Lipinski definition) is 1. The fraction of sp³-hybridized carbons (Fsp3) is 0.308. The van der Waals surface area contributed by atoms with Gasteiger partial charge in [0.2, 0.25) is 5.91 Å². The van der Waals surface area contributed by atoms with Crippen molar-refractivity contribution in [1.82, 2.24) is 4.90 Å². The summed E-state index contributed by atoms with van der Waals surface area (Å²) in [5.41, 5.74) is 4.16. The zero-order valence-corrected chi connectivity index (χ0v) is 18.5. The first-order valence-electron chi connectivity index (χ1n) is 10.6. The number of benzene rings is 2. The number of nitrogens with one attached hydrogen (secondary N) is 1. The molecule has 0 saturated heterocycles. The van der Waals surface area contributed by atoms with Gasteiger partial charge >= 0.3 is 0 Å². The molecule has 0 spiro atoms. The van der Waals surface area contributed by atoms with E-state index in [9.17, 15) is 9.59 Å². The van der Waals surface area contributed by atoms with E-state index in [0.717, 1.165) is 33.9 Å². The third-order valence-corrected chi connectivity index (χ3v) is 5.56. The van der Waals surface area contributed by atoms with Gasteiger partial charge in [-0.15, -0.1) is 0 Å². The second-order valence-electron chi connectivity index (χ2n) is 9.18. The SMILES string of the molecule is Cc1ccc(C(=O)N2CCc3oc(-c4ccc(NC(=O)C(C)(C)C)cc4)cc3C2)cc1. The molecular weight excluding hydrogens is 388 g/mol. The number of nitrogens with zero attached hydrogens (tertiary/aromatic N) is 1. The number of hydrogen-bond acceptors (Lipinski definition) is 3. The van der Waals surface area contributed by atoms with Crippen LogP contribution in [0.2, 0.25) is 0 Å². The number of aryl methyl sites for hydroxylation is 1. The van der Waals surface area contributed by atoms with E-state index in [1.54, 1.807) is 0 Å². The van der Waals surface area contributed by atoms with Crippen LogP contribution in [0.3, 0.4) is 0 Å². The molecule has 5 heteroatoms. The van der Waals surface area contributed by atoms with Crippen molar-refractivity contribution < 1.29 is 14.0 Å². The van der Waals surface area contributed by atoms with E-state index in [-0.39, 0.29) is 11.8 Å². The lowest BCUT2D eigenvalue weighted by Gasteiger charge is -2.26. The second-order valence-corrected chi connectivity index (χ2v) is 9.18. The van der Waals surface area contributed by atoms with Gasteiger partial charge in [0.25, 0.3) is 5.91 Å². The van der Waals surface area contributed by atoms with Crippen LogP contribution in [0.5, 0.6) is 0 Å². The summed E-state index contributed by atoms with van der Waals surface area (Å²) in [6, 6.07) is 17.4. The standard InChI is InChI=1S/C26H28N2O3/c1-17-5-7-19(8-6-17)24(29)28-14-13-22-20(16-28)15-23(31-22)18-9-11-21(12-10-18)27-25(30)26(2,3)4/h5-12,15H,13-14,16H2,1-4H3,(H,27,30). The molecule has 1 aliphatic heterocycles. The predicted octanol–water partition coefficient (Wildman–Crippen LogP) is 5.44. The highest BCUT2D eigenvalue weighted by Crippen LogP contribution is 2.31. The van der Waals surface area contributed by atoms with Crippen molar-refractivity contribution in [2.75, 3.05) is 11.9 Å².